The largest absolute Gasteiger partial charge is 0.463 e. The van der Waals surface area contributed by atoms with Crippen LogP contribution in [0.5, 0.6) is 11.5 Å². The molecular formula is C60H87N3O10S. The zero-order chi connectivity index (χ0) is 52.1. The van der Waals surface area contributed by atoms with Crippen LogP contribution < -0.4 is 10.1 Å². The molecule has 13 nitrogen and oxygen atoms in total. The molecule has 0 amide bonds. The van der Waals surface area contributed by atoms with Crippen molar-refractivity contribution in [2.45, 2.75) is 175 Å². The lowest BCUT2D eigenvalue weighted by atomic mass is 9.47. The Kier molecular flexibility index (Phi) is 20.4. The maximum Gasteiger partial charge on any atom is 0.306 e. The van der Waals surface area contributed by atoms with Crippen LogP contribution in [0.4, 0.5) is 5.13 Å². The first-order valence-corrected chi connectivity index (χ1v) is 29.4. The summed E-state index contributed by atoms with van der Waals surface area (Å²) >= 11 is 1.49. The van der Waals surface area contributed by atoms with Crippen molar-refractivity contribution in [3.05, 3.63) is 53.9 Å². The molecule has 4 saturated carbocycles. The van der Waals surface area contributed by atoms with E-state index in [-0.39, 0.29) is 50.1 Å². The molecule has 2 aromatic heterocycles. The first-order valence-electron chi connectivity index (χ1n) is 28.6. The highest BCUT2D eigenvalue weighted by atomic mass is 32.1. The van der Waals surface area contributed by atoms with E-state index in [9.17, 15) is 14.4 Å². The van der Waals surface area contributed by atoms with Gasteiger partial charge in [-0.15, -0.1) is 0 Å². The van der Waals surface area contributed by atoms with Crippen LogP contribution >= 0.6 is 11.3 Å². The highest BCUT2D eigenvalue weighted by molar-refractivity contribution is 7.22. The average molecular weight is 1040 g/mol. The number of aromatic nitrogens is 2. The molecule has 408 valence electrons. The van der Waals surface area contributed by atoms with Crippen LogP contribution in [0, 0.1) is 46.3 Å². The van der Waals surface area contributed by atoms with Gasteiger partial charge in [0.25, 0.3) is 0 Å². The molecule has 5 aliphatic rings. The monoisotopic (exact) mass is 1040 g/mol. The standard InChI is InChI=1S/C60H87N3O10S/c1-7-53(64)52-38-45(25-28-61-52)72-44-16-20-51-55(39-44)74-58(63-51)62-50-13-8-9-14-54(50)73-57(66)22-21-56(65)71-36-34-69-32-30-67-29-31-68-33-35-70-43-23-26-59(5)42(37-43)15-17-46-48-19-18-47(41(4)12-10-11-40(2)3)60(48,6)27-24-49(46)59/h15-16,20,25,28,38-41,43,46-50,54H,7-14,17-19,21-24,26-27,29-37H2,1-6H3,(H,62,63)/t41-,43+,46?,47-,48?,49?,50+,54+,59+,60-/m1/s1. The maximum atomic E-state index is 12.9. The highest BCUT2D eigenvalue weighted by Crippen LogP contribution is 2.67. The normalized spacial score (nSPS) is 27.9. The lowest BCUT2D eigenvalue weighted by Gasteiger charge is -2.58. The van der Waals surface area contributed by atoms with Gasteiger partial charge in [-0.3, -0.25) is 19.4 Å². The van der Waals surface area contributed by atoms with Crippen molar-refractivity contribution < 1.29 is 47.5 Å². The van der Waals surface area contributed by atoms with Crippen molar-refractivity contribution >= 4 is 44.4 Å². The lowest BCUT2D eigenvalue weighted by molar-refractivity contribution is -0.155. The predicted octanol–water partition coefficient (Wildman–Crippen LogP) is 13.1. The summed E-state index contributed by atoms with van der Waals surface area (Å²) < 4.78 is 41.7. The number of carbonyl (C=O) groups excluding carboxylic acids is 3. The Morgan fingerprint density at radius 3 is 2.32 bits per heavy atom. The maximum absolute atomic E-state index is 12.9. The quantitative estimate of drug-likeness (QED) is 0.0318. The van der Waals surface area contributed by atoms with E-state index in [1.807, 2.05) is 18.2 Å². The zero-order valence-electron chi connectivity index (χ0n) is 45.5. The number of Topliss-reactive ketones (excluding diaryl/α,β-unsaturated/α-hetero) is 1. The molecule has 1 N–H and O–H groups in total. The highest BCUT2D eigenvalue weighted by Gasteiger charge is 2.59. The number of hydrogen-bond acceptors (Lipinski definition) is 14. The number of nitrogens with one attached hydrogen (secondary N) is 1. The van der Waals surface area contributed by atoms with Crippen LogP contribution in [-0.4, -0.2) is 98.8 Å². The Hall–Kier alpha value is -3.95. The summed E-state index contributed by atoms with van der Waals surface area (Å²) in [4.78, 5) is 46.3. The van der Waals surface area contributed by atoms with Gasteiger partial charge in [-0.25, -0.2) is 4.98 Å². The van der Waals surface area contributed by atoms with Gasteiger partial charge in [-0.05, 0) is 135 Å². The minimum atomic E-state index is -0.467. The molecule has 10 atom stereocenters. The number of thiazole rings is 1. The minimum absolute atomic E-state index is 0.0433. The van der Waals surface area contributed by atoms with Crippen molar-refractivity contribution in [1.29, 1.82) is 0 Å². The van der Waals surface area contributed by atoms with Crippen LogP contribution in [0.1, 0.15) is 168 Å². The minimum Gasteiger partial charge on any atom is -0.463 e. The lowest BCUT2D eigenvalue weighted by Crippen LogP contribution is -2.51. The topological polar surface area (TPSA) is 154 Å². The van der Waals surface area contributed by atoms with Crippen LogP contribution in [0.25, 0.3) is 10.2 Å². The number of fused-ring (bicyclic) bond motifs is 6. The van der Waals surface area contributed by atoms with Crippen LogP contribution in [-0.2, 0) is 38.0 Å². The Morgan fingerprint density at radius 2 is 1.54 bits per heavy atom. The number of ether oxygens (including phenoxy) is 7. The van der Waals surface area contributed by atoms with E-state index in [0.717, 1.165) is 89.4 Å². The van der Waals surface area contributed by atoms with E-state index in [2.05, 4.69) is 51.0 Å². The fraction of sp³-hybridized carbons (Fsp3) is 0.717. The number of rotatable bonds is 28. The molecule has 0 spiro atoms. The number of allylic oxidation sites excluding steroid dienone is 1. The van der Waals surface area contributed by atoms with Crippen LogP contribution in [0.3, 0.4) is 0 Å². The van der Waals surface area contributed by atoms with Crippen molar-refractivity contribution in [2.75, 3.05) is 58.2 Å². The van der Waals surface area contributed by atoms with Crippen molar-refractivity contribution in [1.82, 2.24) is 9.97 Å². The summed E-state index contributed by atoms with van der Waals surface area (Å²) in [6.07, 6.45) is 22.6. The average Bonchev–Trinajstić information content (AvgIpc) is 3.97. The number of carbonyl (C=O) groups is 3. The molecule has 0 radical (unpaired) electrons. The summed E-state index contributed by atoms with van der Waals surface area (Å²) in [5.74, 6) is 5.38. The van der Waals surface area contributed by atoms with Gasteiger partial charge in [0.1, 0.15) is 29.9 Å². The van der Waals surface area contributed by atoms with Crippen LogP contribution in [0.15, 0.2) is 48.2 Å². The molecule has 4 fully saturated rings. The third-order valence-corrected chi connectivity index (χ3v) is 18.8. The third-order valence-electron chi connectivity index (χ3n) is 17.8. The predicted molar refractivity (Wildman–Crippen MR) is 290 cm³/mol. The van der Waals surface area contributed by atoms with Gasteiger partial charge in [-0.1, -0.05) is 90.2 Å². The third kappa shape index (κ3) is 14.5. The first kappa shape index (κ1) is 56.3. The molecule has 1 aromatic carbocycles. The number of benzene rings is 1. The van der Waals surface area contributed by atoms with E-state index in [1.165, 1.54) is 69.1 Å². The van der Waals surface area contributed by atoms with Gasteiger partial charge >= 0.3 is 11.9 Å². The molecule has 2 heterocycles. The molecule has 0 saturated heterocycles. The first-order chi connectivity index (χ1) is 35.8. The Labute approximate surface area is 445 Å². The van der Waals surface area contributed by atoms with Gasteiger partial charge in [0.05, 0.1) is 81.5 Å². The summed E-state index contributed by atoms with van der Waals surface area (Å²) in [5, 5.41) is 4.23. The molecule has 8 rings (SSSR count). The Balaban J connectivity index is 0.633. The van der Waals surface area contributed by atoms with Crippen molar-refractivity contribution in [3.8, 4) is 11.5 Å². The van der Waals surface area contributed by atoms with E-state index < -0.39 is 11.9 Å². The Bertz CT molecular complexity index is 2340. The van der Waals surface area contributed by atoms with Crippen molar-refractivity contribution in [3.63, 3.8) is 0 Å². The fourth-order valence-electron chi connectivity index (χ4n) is 13.9. The van der Waals surface area contributed by atoms with E-state index in [4.69, 9.17) is 38.1 Å². The van der Waals surface area contributed by atoms with Gasteiger partial charge in [0, 0.05) is 24.8 Å². The smallest absolute Gasteiger partial charge is 0.306 e. The summed E-state index contributed by atoms with van der Waals surface area (Å²) in [6, 6.07) is 8.92. The van der Waals surface area contributed by atoms with Gasteiger partial charge in [0.15, 0.2) is 10.9 Å². The summed E-state index contributed by atoms with van der Waals surface area (Å²) in [5.41, 5.74) is 3.74. The molecule has 0 bridgehead atoms. The van der Waals surface area contributed by atoms with Crippen molar-refractivity contribution in [2.24, 2.45) is 46.3 Å². The zero-order valence-corrected chi connectivity index (χ0v) is 46.3. The molecule has 3 aromatic rings. The summed E-state index contributed by atoms with van der Waals surface area (Å²) in [7, 11) is 0. The molecule has 74 heavy (non-hydrogen) atoms. The fourth-order valence-corrected chi connectivity index (χ4v) is 14.8. The van der Waals surface area contributed by atoms with Crippen LogP contribution in [0.2, 0.25) is 0 Å². The number of pyridine rings is 1. The number of ketones is 1. The number of hydrogen-bond donors (Lipinski definition) is 1. The SMILES string of the molecule is CCC(=O)c1cc(Oc2ccc3nc(N[C@H]4CCCC[C@@H]4OC(=O)CCC(=O)OCCOCCOCCOCCO[C@H]4CC[C@@]5(C)C(=CCC6C5CC[C@@]5(C)C6CC[C@@H]5[C@H](C)CCCC(C)C)C4)sc3c2)ccn1. The van der Waals surface area contributed by atoms with Gasteiger partial charge in [-0.2, -0.15) is 0 Å². The Morgan fingerprint density at radius 1 is 0.797 bits per heavy atom. The second-order valence-electron chi connectivity index (χ2n) is 23.1. The number of nitrogens with zero attached hydrogens (tertiary/aromatic N) is 2. The molecular weight excluding hydrogens is 955 g/mol. The van der Waals surface area contributed by atoms with Gasteiger partial charge in [0.2, 0.25) is 0 Å². The number of esters is 2. The van der Waals surface area contributed by atoms with Gasteiger partial charge < -0.3 is 38.5 Å². The summed E-state index contributed by atoms with van der Waals surface area (Å²) in [6.45, 7) is 17.7. The van der Waals surface area contributed by atoms with E-state index in [0.29, 0.717) is 74.1 Å². The number of anilines is 1. The molecule has 3 unspecified atom stereocenters. The van der Waals surface area contributed by atoms with E-state index in [1.54, 1.807) is 30.8 Å². The van der Waals surface area contributed by atoms with E-state index >= 15 is 0 Å². The molecule has 0 aliphatic heterocycles. The molecule has 14 heteroatoms. The molecule has 5 aliphatic carbocycles. The second kappa shape index (κ2) is 26.9. The second-order valence-corrected chi connectivity index (χ2v) is 24.1.